The van der Waals surface area contributed by atoms with E-state index in [1.165, 1.54) is 135 Å². The van der Waals surface area contributed by atoms with Gasteiger partial charge in [-0.2, -0.15) is 0 Å². The predicted octanol–water partition coefficient (Wildman–Crippen LogP) is 7.18. The van der Waals surface area contributed by atoms with Gasteiger partial charge in [0.15, 0.2) is 6.29 Å². The minimum absolute atomic E-state index is 0.373. The molecule has 0 radical (unpaired) electrons. The molecule has 1 aliphatic heterocycles. The Balaban J connectivity index is 0.000000831. The maximum absolute atomic E-state index is 9.84. The van der Waals surface area contributed by atoms with Gasteiger partial charge in [0.1, 0.15) is 24.4 Å². The first-order chi connectivity index (χ1) is 20.0. The van der Waals surface area contributed by atoms with E-state index in [2.05, 4.69) is 13.8 Å². The minimum Gasteiger partial charge on any atom is -0.396 e. The number of hydrogen-bond donors (Lipinski definition) is 5. The van der Waals surface area contributed by atoms with Gasteiger partial charge in [0, 0.05) is 13.2 Å². The third-order valence-electron chi connectivity index (χ3n) is 8.14. The maximum atomic E-state index is 9.84. The van der Waals surface area contributed by atoms with Gasteiger partial charge >= 0.3 is 0 Å². The van der Waals surface area contributed by atoms with Crippen molar-refractivity contribution in [3.8, 4) is 0 Å². The molecule has 0 aromatic carbocycles. The Kier molecular flexibility index (Phi) is 30.9. The smallest absolute Gasteiger partial charge is 0.186 e. The number of ether oxygens (including phenoxy) is 2. The van der Waals surface area contributed by atoms with E-state index in [0.717, 1.165) is 19.3 Å². The van der Waals surface area contributed by atoms with Crippen molar-refractivity contribution < 1.29 is 35.0 Å². The molecule has 248 valence electrons. The summed E-state index contributed by atoms with van der Waals surface area (Å²) in [5, 5.41) is 47.0. The number of aliphatic hydroxyl groups excluding tert-OH is 5. The molecule has 1 fully saturated rings. The Labute approximate surface area is 253 Å². The Morgan fingerprint density at radius 3 is 1.20 bits per heavy atom. The van der Waals surface area contributed by atoms with Gasteiger partial charge in [0.25, 0.3) is 0 Å². The van der Waals surface area contributed by atoms with E-state index >= 15 is 0 Å². The molecule has 41 heavy (non-hydrogen) atoms. The molecule has 0 saturated carbocycles. The zero-order valence-electron chi connectivity index (χ0n) is 27.0. The molecule has 1 saturated heterocycles. The minimum atomic E-state index is -1.37. The standard InChI is InChI=1S/C18H36O6.C16H34O/c1-2-3-4-5-6-7-8-9-10-11-12-23-18-17(22)16(21)15(20)14(13-19)24-18;1-2-3-4-5-6-7-8-9-10-11-12-13-14-15-16-17/h14-22H,2-13H2,1H3;17H,2-16H2,1H3/t14-,15-,16+,17-,18-;/m1./s1. The zero-order valence-corrected chi connectivity index (χ0v) is 27.0. The van der Waals surface area contributed by atoms with Crippen molar-refractivity contribution in [2.45, 2.75) is 199 Å². The molecular formula is C34H70O7. The Morgan fingerprint density at radius 1 is 0.463 bits per heavy atom. The molecule has 1 aliphatic rings. The second-order valence-electron chi connectivity index (χ2n) is 12.1. The summed E-state index contributed by atoms with van der Waals surface area (Å²) in [4.78, 5) is 0. The van der Waals surface area contributed by atoms with Gasteiger partial charge in [0.05, 0.1) is 6.61 Å². The highest BCUT2D eigenvalue weighted by molar-refractivity contribution is 4.88. The molecule has 0 unspecified atom stereocenters. The summed E-state index contributed by atoms with van der Waals surface area (Å²) in [7, 11) is 0. The van der Waals surface area contributed by atoms with Crippen LogP contribution in [0.1, 0.15) is 168 Å². The molecule has 0 aromatic heterocycles. The van der Waals surface area contributed by atoms with E-state index in [1.54, 1.807) is 0 Å². The zero-order chi connectivity index (χ0) is 30.4. The lowest BCUT2D eigenvalue weighted by Gasteiger charge is -2.39. The van der Waals surface area contributed by atoms with Crippen LogP contribution in [0.15, 0.2) is 0 Å². The summed E-state index contributed by atoms with van der Waals surface area (Å²) < 4.78 is 10.8. The van der Waals surface area contributed by atoms with Crippen LogP contribution >= 0.6 is 0 Å². The topological polar surface area (TPSA) is 120 Å². The maximum Gasteiger partial charge on any atom is 0.186 e. The first-order valence-corrected chi connectivity index (χ1v) is 17.6. The first-order valence-electron chi connectivity index (χ1n) is 17.6. The number of aliphatic hydroxyl groups is 5. The van der Waals surface area contributed by atoms with E-state index in [4.69, 9.17) is 19.7 Å². The summed E-state index contributed by atoms with van der Waals surface area (Å²) in [6.07, 6.45) is 25.6. The Morgan fingerprint density at radius 2 is 0.829 bits per heavy atom. The molecule has 7 heteroatoms. The molecule has 7 nitrogen and oxygen atoms in total. The number of unbranched alkanes of at least 4 members (excludes halogenated alkanes) is 22. The molecule has 1 heterocycles. The Hall–Kier alpha value is -0.280. The normalized spacial score (nSPS) is 22.5. The first kappa shape index (κ1) is 40.7. The monoisotopic (exact) mass is 591 g/mol. The second kappa shape index (κ2) is 31.2. The molecule has 0 amide bonds. The van der Waals surface area contributed by atoms with Gasteiger partial charge in [-0.3, -0.25) is 0 Å². The van der Waals surface area contributed by atoms with Crippen molar-refractivity contribution in [2.75, 3.05) is 19.8 Å². The highest BCUT2D eigenvalue weighted by Gasteiger charge is 2.43. The van der Waals surface area contributed by atoms with Crippen LogP contribution in [0.3, 0.4) is 0 Å². The fourth-order valence-corrected chi connectivity index (χ4v) is 5.30. The van der Waals surface area contributed by atoms with E-state index in [1.807, 2.05) is 0 Å². The average Bonchev–Trinajstić information content (AvgIpc) is 2.98. The number of hydrogen-bond acceptors (Lipinski definition) is 7. The third kappa shape index (κ3) is 23.8. The van der Waals surface area contributed by atoms with E-state index in [0.29, 0.717) is 13.2 Å². The lowest BCUT2D eigenvalue weighted by molar-refractivity contribution is -0.301. The fraction of sp³-hybridized carbons (Fsp3) is 1.00. The quantitative estimate of drug-likeness (QED) is 0.0643. The molecule has 5 atom stereocenters. The predicted molar refractivity (Wildman–Crippen MR) is 169 cm³/mol. The summed E-state index contributed by atoms with van der Waals surface area (Å²) in [5.74, 6) is 0. The van der Waals surface area contributed by atoms with Gasteiger partial charge in [-0.25, -0.2) is 0 Å². The van der Waals surface area contributed by atoms with Gasteiger partial charge in [-0.15, -0.1) is 0 Å². The summed E-state index contributed by atoms with van der Waals surface area (Å²) in [5.41, 5.74) is 0. The van der Waals surface area contributed by atoms with Crippen LogP contribution in [-0.2, 0) is 9.47 Å². The van der Waals surface area contributed by atoms with Gasteiger partial charge < -0.3 is 35.0 Å². The molecule has 0 aromatic rings. The van der Waals surface area contributed by atoms with Crippen molar-refractivity contribution >= 4 is 0 Å². The van der Waals surface area contributed by atoms with Crippen LogP contribution in [-0.4, -0.2) is 76.1 Å². The lowest BCUT2D eigenvalue weighted by Crippen LogP contribution is -2.59. The van der Waals surface area contributed by atoms with Crippen LogP contribution < -0.4 is 0 Å². The van der Waals surface area contributed by atoms with Crippen LogP contribution in [0, 0.1) is 0 Å². The highest BCUT2D eigenvalue weighted by atomic mass is 16.7. The third-order valence-corrected chi connectivity index (χ3v) is 8.14. The molecule has 0 bridgehead atoms. The van der Waals surface area contributed by atoms with Gasteiger partial charge in [0.2, 0.25) is 0 Å². The molecule has 1 rings (SSSR count). The van der Waals surface area contributed by atoms with Gasteiger partial charge in [-0.1, -0.05) is 155 Å². The van der Waals surface area contributed by atoms with Crippen molar-refractivity contribution in [2.24, 2.45) is 0 Å². The van der Waals surface area contributed by atoms with E-state index < -0.39 is 37.3 Å². The van der Waals surface area contributed by atoms with Crippen LogP contribution in [0.25, 0.3) is 0 Å². The van der Waals surface area contributed by atoms with Crippen molar-refractivity contribution in [3.63, 3.8) is 0 Å². The van der Waals surface area contributed by atoms with Gasteiger partial charge in [-0.05, 0) is 12.8 Å². The van der Waals surface area contributed by atoms with E-state index in [9.17, 15) is 15.3 Å². The van der Waals surface area contributed by atoms with Crippen molar-refractivity contribution in [3.05, 3.63) is 0 Å². The fourth-order valence-electron chi connectivity index (χ4n) is 5.30. The van der Waals surface area contributed by atoms with Crippen LogP contribution in [0.4, 0.5) is 0 Å². The summed E-state index contributed by atoms with van der Waals surface area (Å²) in [6.45, 7) is 4.88. The molecule has 5 N–H and O–H groups in total. The Bertz CT molecular complexity index is 491. The van der Waals surface area contributed by atoms with Crippen molar-refractivity contribution in [1.82, 2.24) is 0 Å². The van der Waals surface area contributed by atoms with Crippen molar-refractivity contribution in [1.29, 1.82) is 0 Å². The largest absolute Gasteiger partial charge is 0.396 e. The highest BCUT2D eigenvalue weighted by Crippen LogP contribution is 2.22. The lowest BCUT2D eigenvalue weighted by atomic mass is 9.99. The molecular weight excluding hydrogens is 520 g/mol. The second-order valence-corrected chi connectivity index (χ2v) is 12.1. The molecule has 0 aliphatic carbocycles. The molecule has 0 spiro atoms. The number of rotatable bonds is 27. The average molecular weight is 591 g/mol. The SMILES string of the molecule is CCCCCCCCCCCCCCCCO.CCCCCCCCCCCCO[C@@H]1O[C@H](CO)[C@@H](O)[C@H](O)[C@H]1O. The summed E-state index contributed by atoms with van der Waals surface area (Å²) in [6, 6.07) is 0. The van der Waals surface area contributed by atoms with E-state index in [-0.39, 0.29) is 0 Å². The van der Waals surface area contributed by atoms with Crippen LogP contribution in [0.5, 0.6) is 0 Å². The van der Waals surface area contributed by atoms with Crippen LogP contribution in [0.2, 0.25) is 0 Å². The summed E-state index contributed by atoms with van der Waals surface area (Å²) >= 11 is 0.